The van der Waals surface area contributed by atoms with Gasteiger partial charge in [-0.2, -0.15) is 0 Å². The maximum atomic E-state index is 13.9. The van der Waals surface area contributed by atoms with Gasteiger partial charge in [0.2, 0.25) is 11.8 Å². The minimum absolute atomic E-state index is 0.103. The van der Waals surface area contributed by atoms with Gasteiger partial charge in [0, 0.05) is 67.5 Å². The number of amides is 2. The number of likely N-dealkylation sites (tertiary alicyclic amines) is 1. The number of β-amino-alcohol motifs (C(OH)–C–C–N with tert-alkyl or cyclic N) is 1. The van der Waals surface area contributed by atoms with Gasteiger partial charge in [0.05, 0.1) is 11.8 Å². The molecule has 0 bridgehead atoms. The van der Waals surface area contributed by atoms with Crippen LogP contribution in [0.15, 0.2) is 49.2 Å². The zero-order valence-electron chi connectivity index (χ0n) is 21.4. The van der Waals surface area contributed by atoms with E-state index in [2.05, 4.69) is 25.6 Å². The molecular formula is C27H33N7O3. The highest BCUT2D eigenvalue weighted by Gasteiger charge is 2.45. The zero-order valence-corrected chi connectivity index (χ0v) is 21.4. The van der Waals surface area contributed by atoms with Gasteiger partial charge in [-0.3, -0.25) is 19.6 Å². The normalized spacial score (nSPS) is 20.6. The third-order valence-electron chi connectivity index (χ3n) is 6.96. The van der Waals surface area contributed by atoms with Crippen molar-refractivity contribution in [3.05, 3.63) is 60.4 Å². The summed E-state index contributed by atoms with van der Waals surface area (Å²) in [6.45, 7) is 6.27. The number of pyridine rings is 2. The van der Waals surface area contributed by atoms with Crippen molar-refractivity contribution in [2.24, 2.45) is 5.41 Å². The number of hydrogen-bond donors (Lipinski definition) is 2. The molecular weight excluding hydrogens is 470 g/mol. The van der Waals surface area contributed by atoms with Gasteiger partial charge in [-0.25, -0.2) is 4.68 Å². The van der Waals surface area contributed by atoms with Crippen LogP contribution < -0.4 is 5.32 Å². The molecule has 3 aromatic heterocycles. The first-order chi connectivity index (χ1) is 17.7. The molecule has 0 aromatic carbocycles. The molecule has 1 saturated heterocycles. The fraction of sp³-hybridized carbons (Fsp3) is 0.481. The van der Waals surface area contributed by atoms with Gasteiger partial charge < -0.3 is 15.3 Å². The Bertz CT molecular complexity index is 1270. The molecule has 10 heteroatoms. The predicted octanol–water partition coefficient (Wildman–Crippen LogP) is 2.48. The summed E-state index contributed by atoms with van der Waals surface area (Å²) in [4.78, 5) is 37.1. The monoisotopic (exact) mass is 503 g/mol. The van der Waals surface area contributed by atoms with Crippen molar-refractivity contribution in [2.75, 3.05) is 6.54 Å². The van der Waals surface area contributed by atoms with Crippen LogP contribution in [-0.2, 0) is 16.1 Å². The van der Waals surface area contributed by atoms with E-state index >= 15 is 0 Å². The molecule has 0 radical (unpaired) electrons. The van der Waals surface area contributed by atoms with Crippen LogP contribution in [0, 0.1) is 5.41 Å². The Labute approximate surface area is 216 Å². The van der Waals surface area contributed by atoms with E-state index in [1.807, 2.05) is 45.2 Å². The van der Waals surface area contributed by atoms with Gasteiger partial charge in [0.15, 0.2) is 0 Å². The summed E-state index contributed by atoms with van der Waals surface area (Å²) in [5.74, 6) is -0.124. The fourth-order valence-electron chi connectivity index (χ4n) is 4.91. The molecule has 37 heavy (non-hydrogen) atoms. The Morgan fingerprint density at radius 1 is 1.16 bits per heavy atom. The maximum Gasteiger partial charge on any atom is 0.248 e. The van der Waals surface area contributed by atoms with Gasteiger partial charge in [-0.15, -0.1) is 5.10 Å². The lowest BCUT2D eigenvalue weighted by Gasteiger charge is -2.34. The first-order valence-corrected chi connectivity index (χ1v) is 12.7. The van der Waals surface area contributed by atoms with Crippen LogP contribution in [0.25, 0.3) is 11.1 Å². The van der Waals surface area contributed by atoms with Crippen LogP contribution in [-0.4, -0.2) is 65.5 Å². The van der Waals surface area contributed by atoms with E-state index in [4.69, 9.17) is 0 Å². The smallest absolute Gasteiger partial charge is 0.248 e. The average Bonchev–Trinajstić information content (AvgIpc) is 3.49. The number of nitrogens with one attached hydrogen (secondary N) is 1. The van der Waals surface area contributed by atoms with Crippen LogP contribution in [0.4, 0.5) is 0 Å². The SMILES string of the molecule is CC(C)(C)[C@@H](C(=O)N1CC(O)CC1C(=O)NCc1cncc(-c2cccnc2)c1)n1cc(C2CC2)nn1. The van der Waals surface area contributed by atoms with Gasteiger partial charge in [-0.05, 0) is 36.0 Å². The standard InChI is InChI=1S/C27H33N7O3/c1-27(2,3)24(34-16-22(31-32-34)18-6-7-18)26(37)33-15-21(35)10-23(33)25(36)30-12-17-9-20(14-29-11-17)19-5-4-8-28-13-19/h4-5,8-9,11,13-14,16,18,21,23-24,35H,6-7,10,12,15H2,1-3H3,(H,30,36)/t21?,23?,24-/m1/s1. The molecule has 2 aliphatic rings. The Hall–Kier alpha value is -3.66. The number of rotatable bonds is 7. The Balaban J connectivity index is 1.30. The third-order valence-corrected chi connectivity index (χ3v) is 6.96. The van der Waals surface area contributed by atoms with E-state index in [9.17, 15) is 14.7 Å². The van der Waals surface area contributed by atoms with Crippen molar-refractivity contribution in [1.82, 2.24) is 35.2 Å². The molecule has 194 valence electrons. The van der Waals surface area contributed by atoms with Gasteiger partial charge in [0.1, 0.15) is 12.1 Å². The van der Waals surface area contributed by atoms with Gasteiger partial charge in [0.25, 0.3) is 0 Å². The fourth-order valence-corrected chi connectivity index (χ4v) is 4.91. The minimum Gasteiger partial charge on any atom is -0.391 e. The predicted molar refractivity (Wildman–Crippen MR) is 136 cm³/mol. The number of hydrogen-bond acceptors (Lipinski definition) is 7. The number of nitrogens with zero attached hydrogens (tertiary/aromatic N) is 6. The average molecular weight is 504 g/mol. The molecule has 2 unspecified atom stereocenters. The summed E-state index contributed by atoms with van der Waals surface area (Å²) < 4.78 is 1.63. The van der Waals surface area contributed by atoms with Gasteiger partial charge in [-0.1, -0.05) is 32.1 Å². The molecule has 5 rings (SSSR count). The van der Waals surface area contributed by atoms with E-state index in [-0.39, 0.29) is 31.3 Å². The molecule has 0 spiro atoms. The highest BCUT2D eigenvalue weighted by molar-refractivity contribution is 5.90. The van der Waals surface area contributed by atoms with Crippen LogP contribution >= 0.6 is 0 Å². The molecule has 2 amide bonds. The summed E-state index contributed by atoms with van der Waals surface area (Å²) in [6, 6.07) is 4.35. The zero-order chi connectivity index (χ0) is 26.2. The molecule has 1 saturated carbocycles. The molecule has 3 aromatic rings. The van der Waals surface area contributed by atoms with E-state index < -0.39 is 23.6 Å². The first-order valence-electron chi connectivity index (χ1n) is 12.7. The summed E-state index contributed by atoms with van der Waals surface area (Å²) >= 11 is 0. The lowest BCUT2D eigenvalue weighted by molar-refractivity contribution is -0.144. The van der Waals surface area contributed by atoms with E-state index in [1.165, 1.54) is 4.90 Å². The topological polar surface area (TPSA) is 126 Å². The highest BCUT2D eigenvalue weighted by atomic mass is 16.3. The number of aliphatic hydroxyl groups is 1. The summed E-state index contributed by atoms with van der Waals surface area (Å²) in [6.07, 6.45) is 10.4. The number of aliphatic hydroxyl groups excluding tert-OH is 1. The number of carbonyl (C=O) groups excluding carboxylic acids is 2. The second-order valence-corrected chi connectivity index (χ2v) is 11.1. The quantitative estimate of drug-likeness (QED) is 0.507. The second-order valence-electron chi connectivity index (χ2n) is 11.1. The van der Waals surface area contributed by atoms with Crippen molar-refractivity contribution in [1.29, 1.82) is 0 Å². The third kappa shape index (κ3) is 5.53. The minimum atomic E-state index is -0.770. The van der Waals surface area contributed by atoms with E-state index in [1.54, 1.807) is 29.5 Å². The van der Waals surface area contributed by atoms with Crippen molar-refractivity contribution in [3.8, 4) is 11.1 Å². The van der Waals surface area contributed by atoms with Crippen molar-refractivity contribution in [2.45, 2.75) is 70.7 Å². The van der Waals surface area contributed by atoms with Crippen molar-refractivity contribution < 1.29 is 14.7 Å². The number of carbonyl (C=O) groups is 2. The Morgan fingerprint density at radius 2 is 1.95 bits per heavy atom. The lowest BCUT2D eigenvalue weighted by atomic mass is 9.85. The molecule has 1 aliphatic heterocycles. The molecule has 4 heterocycles. The molecule has 2 fully saturated rings. The summed E-state index contributed by atoms with van der Waals surface area (Å²) in [7, 11) is 0. The molecule has 3 atom stereocenters. The summed E-state index contributed by atoms with van der Waals surface area (Å²) in [5.41, 5.74) is 3.09. The van der Waals surface area contributed by atoms with Crippen LogP contribution in [0.3, 0.4) is 0 Å². The summed E-state index contributed by atoms with van der Waals surface area (Å²) in [5, 5.41) is 21.9. The van der Waals surface area contributed by atoms with Gasteiger partial charge >= 0.3 is 0 Å². The van der Waals surface area contributed by atoms with Crippen molar-refractivity contribution in [3.63, 3.8) is 0 Å². The number of aromatic nitrogens is 5. The van der Waals surface area contributed by atoms with Crippen LogP contribution in [0.5, 0.6) is 0 Å². The lowest BCUT2D eigenvalue weighted by Crippen LogP contribution is -2.50. The van der Waals surface area contributed by atoms with Crippen LogP contribution in [0.2, 0.25) is 0 Å². The molecule has 1 aliphatic carbocycles. The van der Waals surface area contributed by atoms with Crippen molar-refractivity contribution >= 4 is 11.8 Å². The van der Waals surface area contributed by atoms with E-state index in [0.717, 1.165) is 35.2 Å². The maximum absolute atomic E-state index is 13.9. The molecule has 2 N–H and O–H groups in total. The Morgan fingerprint density at radius 3 is 2.65 bits per heavy atom. The first kappa shape index (κ1) is 25.0. The van der Waals surface area contributed by atoms with Crippen LogP contribution in [0.1, 0.15) is 63.3 Å². The molecule has 10 nitrogen and oxygen atoms in total. The second kappa shape index (κ2) is 10.0. The Kier molecular flexibility index (Phi) is 6.76. The largest absolute Gasteiger partial charge is 0.391 e. The van der Waals surface area contributed by atoms with E-state index in [0.29, 0.717) is 5.92 Å². The highest BCUT2D eigenvalue weighted by Crippen LogP contribution is 2.40.